The molecule has 14 heavy (non-hydrogen) atoms. The molecule has 0 radical (unpaired) electrons. The molecule has 0 spiro atoms. The maximum absolute atomic E-state index is 11.3. The lowest BCUT2D eigenvalue weighted by molar-refractivity contribution is -0.121. The van der Waals surface area contributed by atoms with Crippen molar-refractivity contribution in [3.8, 4) is 0 Å². The van der Waals surface area contributed by atoms with Crippen molar-refractivity contribution in [3.63, 3.8) is 0 Å². The van der Waals surface area contributed by atoms with Gasteiger partial charge in [-0.25, -0.2) is 0 Å². The Morgan fingerprint density at radius 2 is 2.14 bits per heavy atom. The van der Waals surface area contributed by atoms with Crippen LogP contribution in [0.15, 0.2) is 12.1 Å². The van der Waals surface area contributed by atoms with Gasteiger partial charge in [0.05, 0.1) is 0 Å². The Kier molecular flexibility index (Phi) is 4.33. The van der Waals surface area contributed by atoms with E-state index in [9.17, 15) is 4.79 Å². The Balaban J connectivity index is 2.25. The smallest absolute Gasteiger partial charge is 0.135 e. The summed E-state index contributed by atoms with van der Waals surface area (Å²) in [7, 11) is 0. The van der Waals surface area contributed by atoms with Crippen molar-refractivity contribution in [1.82, 2.24) is 0 Å². The molecule has 0 atom stereocenters. The highest BCUT2D eigenvalue weighted by molar-refractivity contribution is 7.11. The number of carbonyl (C=O) groups is 1. The molecule has 1 aromatic rings. The Morgan fingerprint density at radius 3 is 2.64 bits per heavy atom. The molecule has 1 aromatic heterocycles. The average Bonchev–Trinajstić information content (AvgIpc) is 2.51. The fourth-order valence-electron chi connectivity index (χ4n) is 1.35. The van der Waals surface area contributed by atoms with Gasteiger partial charge in [-0.15, -0.1) is 11.3 Å². The summed E-state index contributed by atoms with van der Waals surface area (Å²) in [5.74, 6) is 0.582. The van der Waals surface area contributed by atoms with Crippen molar-refractivity contribution in [3.05, 3.63) is 21.9 Å². The third-order valence-electron chi connectivity index (χ3n) is 2.29. The Morgan fingerprint density at radius 1 is 1.43 bits per heavy atom. The first-order valence-electron chi connectivity index (χ1n) is 5.17. The number of hydrogen-bond acceptors (Lipinski definition) is 2. The van der Waals surface area contributed by atoms with Gasteiger partial charge in [0.1, 0.15) is 5.78 Å². The fourth-order valence-corrected chi connectivity index (χ4v) is 2.28. The lowest BCUT2D eigenvalue weighted by Crippen LogP contribution is -2.06. The van der Waals surface area contributed by atoms with Crippen LogP contribution in [0.2, 0.25) is 0 Å². The van der Waals surface area contributed by atoms with E-state index in [2.05, 4.69) is 19.1 Å². The van der Waals surface area contributed by atoms with Gasteiger partial charge in [-0.3, -0.25) is 4.79 Å². The molecule has 0 N–H and O–H groups in total. The van der Waals surface area contributed by atoms with Crippen LogP contribution in [0.25, 0.3) is 0 Å². The van der Waals surface area contributed by atoms with Crippen LogP contribution in [0.3, 0.4) is 0 Å². The summed E-state index contributed by atoms with van der Waals surface area (Å²) in [4.78, 5) is 14.1. The molecule has 0 saturated heterocycles. The second-order valence-corrected chi connectivity index (χ2v) is 5.36. The van der Waals surface area contributed by atoms with Crippen LogP contribution in [0.1, 0.15) is 36.4 Å². The van der Waals surface area contributed by atoms with Crippen LogP contribution >= 0.6 is 11.3 Å². The molecule has 78 valence electrons. The summed E-state index contributed by atoms with van der Waals surface area (Å²) in [6.07, 6.45) is 2.78. The van der Waals surface area contributed by atoms with Crippen molar-refractivity contribution < 1.29 is 4.79 Å². The second-order valence-electron chi connectivity index (χ2n) is 3.99. The van der Waals surface area contributed by atoms with Gasteiger partial charge >= 0.3 is 0 Å². The Bertz CT molecular complexity index is 299. The van der Waals surface area contributed by atoms with E-state index in [1.807, 2.05) is 25.2 Å². The number of ketones is 1. The molecule has 0 aliphatic heterocycles. The van der Waals surface area contributed by atoms with Gasteiger partial charge in [0.25, 0.3) is 0 Å². The molecule has 1 heterocycles. The molecule has 0 aliphatic carbocycles. The van der Waals surface area contributed by atoms with Crippen LogP contribution in [0, 0.1) is 12.8 Å². The monoisotopic (exact) mass is 210 g/mol. The van der Waals surface area contributed by atoms with Gasteiger partial charge in [-0.05, 0) is 31.9 Å². The normalized spacial score (nSPS) is 10.9. The van der Waals surface area contributed by atoms with E-state index >= 15 is 0 Å². The van der Waals surface area contributed by atoms with E-state index in [0.717, 1.165) is 19.3 Å². The van der Waals surface area contributed by atoms with E-state index in [1.54, 1.807) is 0 Å². The lowest BCUT2D eigenvalue weighted by Gasteiger charge is -2.02. The summed E-state index contributed by atoms with van der Waals surface area (Å²) < 4.78 is 0. The summed E-state index contributed by atoms with van der Waals surface area (Å²) in [5, 5.41) is 0. The number of carbonyl (C=O) groups excluding carboxylic acids is 1. The summed E-state index contributed by atoms with van der Waals surface area (Å²) >= 11 is 1.84. The van der Waals surface area contributed by atoms with Crippen molar-refractivity contribution in [2.75, 3.05) is 0 Å². The van der Waals surface area contributed by atoms with Crippen LogP contribution < -0.4 is 0 Å². The maximum Gasteiger partial charge on any atom is 0.135 e. The number of thiophene rings is 1. The zero-order valence-corrected chi connectivity index (χ0v) is 9.99. The minimum Gasteiger partial charge on any atom is -0.299 e. The molecule has 0 amide bonds. The van der Waals surface area contributed by atoms with E-state index in [0.29, 0.717) is 5.78 Å². The minimum atomic E-state index is 0.195. The van der Waals surface area contributed by atoms with E-state index in [4.69, 9.17) is 0 Å². The molecule has 0 saturated carbocycles. The topological polar surface area (TPSA) is 17.1 Å². The third kappa shape index (κ3) is 3.62. The highest BCUT2D eigenvalue weighted by Gasteiger charge is 2.06. The van der Waals surface area contributed by atoms with Gasteiger partial charge in [0.15, 0.2) is 0 Å². The van der Waals surface area contributed by atoms with Crippen molar-refractivity contribution >= 4 is 17.1 Å². The quantitative estimate of drug-likeness (QED) is 0.725. The fraction of sp³-hybridized carbons (Fsp3) is 0.583. The maximum atomic E-state index is 11.3. The molecule has 1 nitrogen and oxygen atoms in total. The lowest BCUT2D eigenvalue weighted by atomic mass is 10.0. The van der Waals surface area contributed by atoms with Crippen LogP contribution in [0.5, 0.6) is 0 Å². The number of Topliss-reactive ketones (excluding diaryl/α,β-unsaturated/α-hetero) is 1. The number of hydrogen-bond donors (Lipinski definition) is 0. The first-order chi connectivity index (χ1) is 6.59. The molecule has 0 unspecified atom stereocenters. The SMILES string of the molecule is Cc1ccc(CCCC(=O)C(C)C)s1. The first kappa shape index (κ1) is 11.4. The van der Waals surface area contributed by atoms with Gasteiger partial charge in [0, 0.05) is 22.1 Å². The van der Waals surface area contributed by atoms with Gasteiger partial charge in [-0.1, -0.05) is 13.8 Å². The van der Waals surface area contributed by atoms with Crippen LogP contribution in [-0.2, 0) is 11.2 Å². The Labute approximate surface area is 90.2 Å². The van der Waals surface area contributed by atoms with E-state index in [-0.39, 0.29) is 5.92 Å². The molecule has 0 fully saturated rings. The zero-order chi connectivity index (χ0) is 10.6. The second kappa shape index (κ2) is 5.30. The third-order valence-corrected chi connectivity index (χ3v) is 3.35. The van der Waals surface area contributed by atoms with Crippen molar-refractivity contribution in [1.29, 1.82) is 0 Å². The van der Waals surface area contributed by atoms with Gasteiger partial charge in [0.2, 0.25) is 0 Å². The largest absolute Gasteiger partial charge is 0.299 e. The minimum absolute atomic E-state index is 0.195. The van der Waals surface area contributed by atoms with Crippen molar-refractivity contribution in [2.45, 2.75) is 40.0 Å². The molecule has 2 heteroatoms. The summed E-state index contributed by atoms with van der Waals surface area (Å²) in [6.45, 7) is 6.06. The van der Waals surface area contributed by atoms with Crippen molar-refractivity contribution in [2.24, 2.45) is 5.92 Å². The van der Waals surface area contributed by atoms with Gasteiger partial charge < -0.3 is 0 Å². The van der Waals surface area contributed by atoms with E-state index in [1.165, 1.54) is 9.75 Å². The predicted octanol–water partition coefficient (Wildman–Crippen LogP) is 3.60. The van der Waals surface area contributed by atoms with Gasteiger partial charge in [-0.2, -0.15) is 0 Å². The first-order valence-corrected chi connectivity index (χ1v) is 5.99. The van der Waals surface area contributed by atoms with E-state index < -0.39 is 0 Å². The highest BCUT2D eigenvalue weighted by Crippen LogP contribution is 2.17. The molecule has 1 rings (SSSR count). The predicted molar refractivity (Wildman–Crippen MR) is 61.8 cm³/mol. The summed E-state index contributed by atoms with van der Waals surface area (Å²) in [5.41, 5.74) is 0. The molecular formula is C12H18OS. The molecule has 0 bridgehead atoms. The zero-order valence-electron chi connectivity index (χ0n) is 9.17. The molecular weight excluding hydrogens is 192 g/mol. The molecule has 0 aromatic carbocycles. The average molecular weight is 210 g/mol. The standard InChI is InChI=1S/C12H18OS/c1-9(2)12(13)6-4-5-11-8-7-10(3)14-11/h7-9H,4-6H2,1-3H3. The molecule has 0 aliphatic rings. The summed E-state index contributed by atoms with van der Waals surface area (Å²) in [6, 6.07) is 4.31. The van der Waals surface area contributed by atoms with Crippen LogP contribution in [-0.4, -0.2) is 5.78 Å². The highest BCUT2D eigenvalue weighted by atomic mass is 32.1. The Hall–Kier alpha value is -0.630. The van der Waals surface area contributed by atoms with Crippen LogP contribution in [0.4, 0.5) is 0 Å². The number of rotatable bonds is 5. The number of aryl methyl sites for hydroxylation is 2.